The predicted molar refractivity (Wildman–Crippen MR) is 69.8 cm³/mol. The van der Waals surface area contributed by atoms with Crippen LogP contribution in [0.5, 0.6) is 0 Å². The number of rotatable bonds is 3. The average molecular weight is 268 g/mol. The Morgan fingerprint density at radius 3 is 2.84 bits per heavy atom. The van der Waals surface area contributed by atoms with E-state index in [1.165, 1.54) is 12.1 Å². The Morgan fingerprint density at radius 1 is 1.53 bits per heavy atom. The first-order chi connectivity index (χ1) is 9.02. The van der Waals surface area contributed by atoms with Gasteiger partial charge in [-0.25, -0.2) is 4.39 Å². The van der Waals surface area contributed by atoms with Crippen molar-refractivity contribution in [2.24, 2.45) is 5.92 Å². The number of nitro groups is 1. The zero-order valence-electron chi connectivity index (χ0n) is 11.0. The van der Waals surface area contributed by atoms with Crippen molar-refractivity contribution in [3.05, 3.63) is 34.1 Å². The third-order valence-corrected chi connectivity index (χ3v) is 3.67. The SMILES string of the molecule is COC1CN(c2ccc([N+](=O)[O-])cc2F)CCC1C. The molecule has 6 heteroatoms. The highest BCUT2D eigenvalue weighted by molar-refractivity contribution is 5.52. The number of hydrogen-bond acceptors (Lipinski definition) is 4. The summed E-state index contributed by atoms with van der Waals surface area (Å²) < 4.78 is 19.3. The molecule has 1 aromatic rings. The summed E-state index contributed by atoms with van der Waals surface area (Å²) in [5, 5.41) is 10.6. The van der Waals surface area contributed by atoms with Gasteiger partial charge in [0.25, 0.3) is 5.69 Å². The summed E-state index contributed by atoms with van der Waals surface area (Å²) in [6, 6.07) is 3.77. The van der Waals surface area contributed by atoms with E-state index < -0.39 is 10.7 Å². The topological polar surface area (TPSA) is 55.6 Å². The van der Waals surface area contributed by atoms with Crippen LogP contribution in [0, 0.1) is 21.8 Å². The molecule has 1 fully saturated rings. The number of hydrogen-bond donors (Lipinski definition) is 0. The van der Waals surface area contributed by atoms with Crippen LogP contribution >= 0.6 is 0 Å². The third kappa shape index (κ3) is 2.84. The van der Waals surface area contributed by atoms with Gasteiger partial charge >= 0.3 is 0 Å². The molecule has 0 saturated carbocycles. The molecule has 2 unspecified atom stereocenters. The van der Waals surface area contributed by atoms with Gasteiger partial charge in [0.05, 0.1) is 22.8 Å². The smallest absolute Gasteiger partial charge is 0.272 e. The standard InChI is InChI=1S/C13H17FN2O3/c1-9-5-6-15(8-13(9)19-2)12-4-3-10(16(17)18)7-11(12)14/h3-4,7,9,13H,5-6,8H2,1-2H3. The molecule has 0 bridgehead atoms. The molecule has 104 valence electrons. The van der Waals surface area contributed by atoms with Crippen LogP contribution < -0.4 is 4.90 Å². The number of non-ortho nitro benzene ring substituents is 1. The average Bonchev–Trinajstić information content (AvgIpc) is 2.39. The van der Waals surface area contributed by atoms with Gasteiger partial charge in [-0.3, -0.25) is 10.1 Å². The lowest BCUT2D eigenvalue weighted by molar-refractivity contribution is -0.385. The number of piperidine rings is 1. The van der Waals surface area contributed by atoms with Gasteiger partial charge < -0.3 is 9.64 Å². The predicted octanol–water partition coefficient (Wildman–Crippen LogP) is 2.60. The van der Waals surface area contributed by atoms with Crippen molar-refractivity contribution in [3.8, 4) is 0 Å². The summed E-state index contributed by atoms with van der Waals surface area (Å²) in [6.45, 7) is 3.44. The Bertz CT molecular complexity index is 481. The fourth-order valence-electron chi connectivity index (χ4n) is 2.43. The summed E-state index contributed by atoms with van der Waals surface area (Å²) in [7, 11) is 1.65. The molecule has 5 nitrogen and oxygen atoms in total. The molecule has 2 rings (SSSR count). The lowest BCUT2D eigenvalue weighted by Crippen LogP contribution is -2.44. The maximum Gasteiger partial charge on any atom is 0.272 e. The number of nitro benzene ring substituents is 1. The van der Waals surface area contributed by atoms with Crippen LogP contribution in [0.4, 0.5) is 15.8 Å². The zero-order valence-corrected chi connectivity index (χ0v) is 11.0. The third-order valence-electron chi connectivity index (χ3n) is 3.67. The van der Waals surface area contributed by atoms with Crippen LogP contribution in [0.3, 0.4) is 0 Å². The van der Waals surface area contributed by atoms with Gasteiger partial charge in [-0.1, -0.05) is 6.92 Å². The van der Waals surface area contributed by atoms with Crippen LogP contribution in [0.25, 0.3) is 0 Å². The van der Waals surface area contributed by atoms with Gasteiger partial charge in [0, 0.05) is 26.3 Å². The summed E-state index contributed by atoms with van der Waals surface area (Å²) in [5.74, 6) is -0.124. The number of ether oxygens (including phenoxy) is 1. The summed E-state index contributed by atoms with van der Waals surface area (Å²) in [6.07, 6.45) is 0.970. The molecule has 0 aliphatic carbocycles. The Hall–Kier alpha value is -1.69. The fourth-order valence-corrected chi connectivity index (χ4v) is 2.43. The van der Waals surface area contributed by atoms with E-state index in [0.29, 0.717) is 18.2 Å². The van der Waals surface area contributed by atoms with E-state index in [9.17, 15) is 14.5 Å². The van der Waals surface area contributed by atoms with E-state index >= 15 is 0 Å². The van der Waals surface area contributed by atoms with E-state index in [1.807, 2.05) is 4.90 Å². The van der Waals surface area contributed by atoms with Crippen molar-refractivity contribution in [1.29, 1.82) is 0 Å². The van der Waals surface area contributed by atoms with Gasteiger partial charge in [0.15, 0.2) is 5.82 Å². The molecule has 2 atom stereocenters. The van der Waals surface area contributed by atoms with Crippen molar-refractivity contribution >= 4 is 11.4 Å². The van der Waals surface area contributed by atoms with Crippen LogP contribution in [-0.2, 0) is 4.74 Å². The van der Waals surface area contributed by atoms with E-state index in [1.54, 1.807) is 7.11 Å². The van der Waals surface area contributed by atoms with E-state index in [4.69, 9.17) is 4.74 Å². The summed E-state index contributed by atoms with van der Waals surface area (Å²) in [4.78, 5) is 11.9. The molecule has 0 amide bonds. The van der Waals surface area contributed by atoms with Crippen LogP contribution in [0.2, 0.25) is 0 Å². The minimum Gasteiger partial charge on any atom is -0.379 e. The Kier molecular flexibility index (Phi) is 3.99. The van der Waals surface area contributed by atoms with E-state index in [0.717, 1.165) is 19.0 Å². The summed E-state index contributed by atoms with van der Waals surface area (Å²) >= 11 is 0. The molecule has 0 radical (unpaired) electrons. The number of anilines is 1. The van der Waals surface area contributed by atoms with Crippen LogP contribution in [0.1, 0.15) is 13.3 Å². The van der Waals surface area contributed by atoms with Gasteiger partial charge in [-0.05, 0) is 18.4 Å². The molecule has 1 aliphatic rings. The quantitative estimate of drug-likeness (QED) is 0.624. The second-order valence-corrected chi connectivity index (χ2v) is 4.88. The molecular weight excluding hydrogens is 251 g/mol. The lowest BCUT2D eigenvalue weighted by Gasteiger charge is -2.37. The molecule has 19 heavy (non-hydrogen) atoms. The molecule has 0 N–H and O–H groups in total. The molecular formula is C13H17FN2O3. The molecule has 1 aromatic carbocycles. The molecule has 1 aliphatic heterocycles. The minimum absolute atomic E-state index is 0.0586. The van der Waals surface area contributed by atoms with Gasteiger partial charge in [0.1, 0.15) is 0 Å². The largest absolute Gasteiger partial charge is 0.379 e. The number of halogens is 1. The van der Waals surface area contributed by atoms with Crippen molar-refractivity contribution in [2.75, 3.05) is 25.1 Å². The number of benzene rings is 1. The molecule has 0 aromatic heterocycles. The number of nitrogens with zero attached hydrogens (tertiary/aromatic N) is 2. The Labute approximate surface area is 111 Å². The second-order valence-electron chi connectivity index (χ2n) is 4.88. The van der Waals surface area contributed by atoms with Crippen molar-refractivity contribution in [3.63, 3.8) is 0 Å². The zero-order chi connectivity index (χ0) is 14.0. The Morgan fingerprint density at radius 2 is 2.26 bits per heavy atom. The molecule has 0 spiro atoms. The normalized spacial score (nSPS) is 23.4. The van der Waals surface area contributed by atoms with E-state index in [-0.39, 0.29) is 11.8 Å². The first-order valence-corrected chi connectivity index (χ1v) is 6.24. The van der Waals surface area contributed by atoms with Crippen molar-refractivity contribution in [1.82, 2.24) is 0 Å². The first kappa shape index (κ1) is 13.7. The first-order valence-electron chi connectivity index (χ1n) is 6.24. The van der Waals surface area contributed by atoms with Crippen molar-refractivity contribution in [2.45, 2.75) is 19.4 Å². The van der Waals surface area contributed by atoms with E-state index in [2.05, 4.69) is 6.92 Å². The van der Waals surface area contributed by atoms with Crippen LogP contribution in [-0.4, -0.2) is 31.2 Å². The monoisotopic (exact) mass is 268 g/mol. The highest BCUT2D eigenvalue weighted by atomic mass is 19.1. The minimum atomic E-state index is -0.594. The fraction of sp³-hybridized carbons (Fsp3) is 0.538. The van der Waals surface area contributed by atoms with Gasteiger partial charge in [0.2, 0.25) is 0 Å². The van der Waals surface area contributed by atoms with Gasteiger partial charge in [-0.2, -0.15) is 0 Å². The summed E-state index contributed by atoms with van der Waals surface area (Å²) in [5.41, 5.74) is 0.175. The van der Waals surface area contributed by atoms with Crippen LogP contribution in [0.15, 0.2) is 18.2 Å². The second kappa shape index (κ2) is 5.52. The highest BCUT2D eigenvalue weighted by Gasteiger charge is 2.27. The number of methoxy groups -OCH3 is 1. The maximum atomic E-state index is 13.9. The molecule has 1 saturated heterocycles. The van der Waals surface area contributed by atoms with Gasteiger partial charge in [-0.15, -0.1) is 0 Å². The lowest BCUT2D eigenvalue weighted by atomic mass is 9.95. The molecule has 1 heterocycles. The van der Waals surface area contributed by atoms with Crippen molar-refractivity contribution < 1.29 is 14.1 Å². The highest BCUT2D eigenvalue weighted by Crippen LogP contribution is 2.28. The maximum absolute atomic E-state index is 13.9. The Balaban J connectivity index is 2.20.